The van der Waals surface area contributed by atoms with Gasteiger partial charge in [0.1, 0.15) is 0 Å². The molecule has 0 radical (unpaired) electrons. The molecule has 0 heteroatoms. The fourth-order valence-electron chi connectivity index (χ4n) is 10.5. The number of rotatable bonds is 2. The summed E-state index contributed by atoms with van der Waals surface area (Å²) < 4.78 is 0. The molecule has 234 valence electrons. The quantitative estimate of drug-likeness (QED) is 0.166. The number of benzene rings is 10. The van der Waals surface area contributed by atoms with E-state index in [9.17, 15) is 0 Å². The summed E-state index contributed by atoms with van der Waals surface area (Å²) in [6, 6.07) is 56.1. The standard InChI is InChI=1S/C50H34/c1-2-26-50(27-3-1)44-28-36(38-20-14-34-12-10-30-6-4-8-32-16-24-42(38)48(34)46(30)32)18-22-40(44)41-23-19-37(29-45(41)50)39-21-15-35-13-11-31-7-5-9-33-17-25-43(39)49(35)47(31)33/h4-25,28-29H,1-3,26-27H2. The minimum atomic E-state index is 0.0580. The van der Waals surface area contributed by atoms with Gasteiger partial charge in [0.05, 0.1) is 0 Å². The lowest BCUT2D eigenvalue weighted by molar-refractivity contribution is 0.353. The Morgan fingerprint density at radius 1 is 0.320 bits per heavy atom. The molecule has 0 aromatic heterocycles. The summed E-state index contributed by atoms with van der Waals surface area (Å²) in [5.74, 6) is 0. The maximum Gasteiger partial charge on any atom is 0.0215 e. The minimum absolute atomic E-state index is 0.0580. The van der Waals surface area contributed by atoms with Crippen molar-refractivity contribution in [3.63, 3.8) is 0 Å². The first-order valence-electron chi connectivity index (χ1n) is 18.4. The Labute approximate surface area is 291 Å². The molecule has 2 aliphatic rings. The van der Waals surface area contributed by atoms with Crippen LogP contribution in [0.4, 0.5) is 0 Å². The van der Waals surface area contributed by atoms with E-state index in [0.717, 1.165) is 0 Å². The normalized spacial score (nSPS) is 15.4. The van der Waals surface area contributed by atoms with Gasteiger partial charge in [-0.2, -0.15) is 0 Å². The van der Waals surface area contributed by atoms with E-state index < -0.39 is 0 Å². The molecule has 2 aliphatic carbocycles. The lowest BCUT2D eigenvalue weighted by Crippen LogP contribution is -2.28. The lowest BCUT2D eigenvalue weighted by Gasteiger charge is -2.36. The van der Waals surface area contributed by atoms with Gasteiger partial charge in [0.15, 0.2) is 0 Å². The minimum Gasteiger partial charge on any atom is -0.0610 e. The number of hydrogen-bond acceptors (Lipinski definition) is 0. The number of hydrogen-bond donors (Lipinski definition) is 0. The molecule has 0 unspecified atom stereocenters. The fourth-order valence-corrected chi connectivity index (χ4v) is 10.5. The van der Waals surface area contributed by atoms with Gasteiger partial charge in [-0.05, 0) is 134 Å². The van der Waals surface area contributed by atoms with Crippen molar-refractivity contribution in [1.29, 1.82) is 0 Å². The van der Waals surface area contributed by atoms with E-state index in [-0.39, 0.29) is 5.41 Å². The van der Waals surface area contributed by atoms with Crippen LogP contribution >= 0.6 is 0 Å². The Bertz CT molecular complexity index is 2770. The Balaban J connectivity index is 1.05. The largest absolute Gasteiger partial charge is 0.0610 e. The first-order valence-corrected chi connectivity index (χ1v) is 18.4. The van der Waals surface area contributed by atoms with Gasteiger partial charge in [-0.1, -0.05) is 153 Å². The first kappa shape index (κ1) is 27.1. The molecule has 10 aromatic rings. The van der Waals surface area contributed by atoms with Gasteiger partial charge < -0.3 is 0 Å². The third-order valence-electron chi connectivity index (χ3n) is 12.7. The van der Waals surface area contributed by atoms with Crippen molar-refractivity contribution in [1.82, 2.24) is 0 Å². The van der Waals surface area contributed by atoms with Gasteiger partial charge in [0.2, 0.25) is 0 Å². The second-order valence-electron chi connectivity index (χ2n) is 15.1. The highest BCUT2D eigenvalue weighted by Crippen LogP contribution is 2.57. The molecule has 10 aromatic carbocycles. The molecule has 0 bridgehead atoms. The Kier molecular flexibility index (Phi) is 5.27. The summed E-state index contributed by atoms with van der Waals surface area (Å²) in [7, 11) is 0. The zero-order valence-corrected chi connectivity index (χ0v) is 27.9. The summed E-state index contributed by atoms with van der Waals surface area (Å²) >= 11 is 0. The summed E-state index contributed by atoms with van der Waals surface area (Å²) in [4.78, 5) is 0. The predicted molar refractivity (Wildman–Crippen MR) is 214 cm³/mol. The molecule has 1 saturated carbocycles. The van der Waals surface area contributed by atoms with Crippen LogP contribution in [0.25, 0.3) is 98.0 Å². The van der Waals surface area contributed by atoms with Crippen LogP contribution in [0.15, 0.2) is 146 Å². The fraction of sp³-hybridized carbons (Fsp3) is 0.120. The van der Waals surface area contributed by atoms with Crippen LogP contribution in [0.1, 0.15) is 43.2 Å². The molecule has 0 aliphatic heterocycles. The van der Waals surface area contributed by atoms with Crippen molar-refractivity contribution < 1.29 is 0 Å². The summed E-state index contributed by atoms with van der Waals surface area (Å²) in [5.41, 5.74) is 11.4. The number of fused-ring (bicyclic) bond motifs is 5. The molecule has 0 heterocycles. The van der Waals surface area contributed by atoms with Gasteiger partial charge in [0, 0.05) is 5.41 Å². The van der Waals surface area contributed by atoms with Crippen molar-refractivity contribution in [3.05, 3.63) is 157 Å². The summed E-state index contributed by atoms with van der Waals surface area (Å²) in [5, 5.41) is 16.2. The molecule has 1 spiro atoms. The molecule has 12 rings (SSSR count). The monoisotopic (exact) mass is 634 g/mol. The highest BCUT2D eigenvalue weighted by Gasteiger charge is 2.44. The zero-order chi connectivity index (χ0) is 32.6. The first-order chi connectivity index (χ1) is 24.7. The van der Waals surface area contributed by atoms with E-state index in [4.69, 9.17) is 0 Å². The van der Waals surface area contributed by atoms with E-state index in [1.807, 2.05) is 0 Å². The molecule has 0 nitrogen and oxygen atoms in total. The summed E-state index contributed by atoms with van der Waals surface area (Å²) in [6.45, 7) is 0. The highest BCUT2D eigenvalue weighted by molar-refractivity contribution is 6.26. The van der Waals surface area contributed by atoms with Crippen LogP contribution in [-0.2, 0) is 5.41 Å². The Morgan fingerprint density at radius 2 is 0.700 bits per heavy atom. The summed E-state index contributed by atoms with van der Waals surface area (Å²) in [6.07, 6.45) is 6.33. The van der Waals surface area contributed by atoms with Gasteiger partial charge >= 0.3 is 0 Å². The van der Waals surface area contributed by atoms with E-state index in [2.05, 4.69) is 146 Å². The maximum absolute atomic E-state index is 2.59. The van der Waals surface area contributed by atoms with E-state index in [1.54, 1.807) is 11.1 Å². The topological polar surface area (TPSA) is 0 Å². The van der Waals surface area contributed by atoms with Gasteiger partial charge in [-0.15, -0.1) is 0 Å². The molecule has 1 fully saturated rings. The SMILES string of the molecule is c1cc2ccc3ccc(-c4ccc5c(c4)C4(CCCCC4)c4cc(-c6ccc7ccc8cccc9ccc6c7c89)ccc4-5)c4ccc(c1)c2c34. The third kappa shape index (κ3) is 3.46. The molecule has 50 heavy (non-hydrogen) atoms. The van der Waals surface area contributed by atoms with Crippen molar-refractivity contribution in [2.45, 2.75) is 37.5 Å². The molecule has 0 amide bonds. The molecule has 0 saturated heterocycles. The van der Waals surface area contributed by atoms with Crippen LogP contribution < -0.4 is 0 Å². The molecular weight excluding hydrogens is 601 g/mol. The Hall–Kier alpha value is -5.72. The molecular formula is C50H34. The van der Waals surface area contributed by atoms with Gasteiger partial charge in [0.25, 0.3) is 0 Å². The van der Waals surface area contributed by atoms with Crippen LogP contribution in [0.5, 0.6) is 0 Å². The van der Waals surface area contributed by atoms with Gasteiger partial charge in [-0.3, -0.25) is 0 Å². The van der Waals surface area contributed by atoms with Crippen LogP contribution in [-0.4, -0.2) is 0 Å². The predicted octanol–water partition coefficient (Wildman–Crippen LogP) is 14.0. The molecule has 0 atom stereocenters. The van der Waals surface area contributed by atoms with Crippen molar-refractivity contribution in [2.75, 3.05) is 0 Å². The highest BCUT2D eigenvalue weighted by atomic mass is 14.5. The maximum atomic E-state index is 2.59. The van der Waals surface area contributed by atoms with E-state index >= 15 is 0 Å². The smallest absolute Gasteiger partial charge is 0.0215 e. The second kappa shape index (κ2) is 9.71. The van der Waals surface area contributed by atoms with Crippen molar-refractivity contribution in [3.8, 4) is 33.4 Å². The van der Waals surface area contributed by atoms with Crippen LogP contribution in [0.2, 0.25) is 0 Å². The van der Waals surface area contributed by atoms with Crippen molar-refractivity contribution >= 4 is 64.6 Å². The van der Waals surface area contributed by atoms with Crippen molar-refractivity contribution in [2.24, 2.45) is 0 Å². The lowest BCUT2D eigenvalue weighted by atomic mass is 9.67. The average molecular weight is 635 g/mol. The zero-order valence-electron chi connectivity index (χ0n) is 27.9. The van der Waals surface area contributed by atoms with Crippen LogP contribution in [0.3, 0.4) is 0 Å². The Morgan fingerprint density at radius 3 is 1.16 bits per heavy atom. The van der Waals surface area contributed by atoms with Gasteiger partial charge in [-0.25, -0.2) is 0 Å². The van der Waals surface area contributed by atoms with E-state index in [0.29, 0.717) is 0 Å². The average Bonchev–Trinajstić information content (AvgIpc) is 3.43. The third-order valence-corrected chi connectivity index (χ3v) is 12.7. The van der Waals surface area contributed by atoms with E-state index in [1.165, 1.54) is 130 Å². The second-order valence-corrected chi connectivity index (χ2v) is 15.1. The molecule has 0 N–H and O–H groups in total. The van der Waals surface area contributed by atoms with Crippen LogP contribution in [0, 0.1) is 0 Å².